The first-order valence-electron chi connectivity index (χ1n) is 9.82. The number of aliphatic carboxylic acids is 1. The number of nitrogens with one attached hydrogen (secondary N) is 2. The summed E-state index contributed by atoms with van der Waals surface area (Å²) in [7, 11) is 0. The largest absolute Gasteiger partial charge is 0.480 e. The zero-order chi connectivity index (χ0) is 22.0. The third-order valence-corrected chi connectivity index (χ3v) is 5.92. The third-order valence-electron chi connectivity index (χ3n) is 5.39. The second kappa shape index (κ2) is 9.00. The molecule has 158 valence electrons. The van der Waals surface area contributed by atoms with Gasteiger partial charge in [0.05, 0.1) is 12.0 Å². The van der Waals surface area contributed by atoms with Gasteiger partial charge in [-0.25, -0.2) is 4.79 Å². The molecule has 5 nitrogen and oxygen atoms in total. The second-order valence-corrected chi connectivity index (χ2v) is 8.28. The minimum Gasteiger partial charge on any atom is -0.480 e. The van der Waals surface area contributed by atoms with Gasteiger partial charge in [-0.1, -0.05) is 83.9 Å². The highest BCUT2D eigenvalue weighted by Crippen LogP contribution is 2.40. The minimum absolute atomic E-state index is 0.158. The second-order valence-electron chi connectivity index (χ2n) is 7.44. The Labute approximate surface area is 190 Å². The predicted molar refractivity (Wildman–Crippen MR) is 122 cm³/mol. The van der Waals surface area contributed by atoms with Gasteiger partial charge in [-0.2, -0.15) is 0 Å². The van der Waals surface area contributed by atoms with Crippen LogP contribution in [0.4, 0.5) is 5.69 Å². The highest BCUT2D eigenvalue weighted by atomic mass is 35.5. The number of benzene rings is 3. The third kappa shape index (κ3) is 4.53. The molecule has 2 atom stereocenters. The van der Waals surface area contributed by atoms with Gasteiger partial charge in [0.15, 0.2) is 0 Å². The van der Waals surface area contributed by atoms with Crippen LogP contribution in [0.1, 0.15) is 35.1 Å². The number of amides is 1. The van der Waals surface area contributed by atoms with Crippen molar-refractivity contribution in [3.63, 3.8) is 0 Å². The molecule has 0 unspecified atom stereocenters. The Kier molecular flexibility index (Phi) is 6.16. The lowest BCUT2D eigenvalue weighted by molar-refractivity contribution is -0.138. The van der Waals surface area contributed by atoms with Crippen molar-refractivity contribution in [3.8, 4) is 0 Å². The van der Waals surface area contributed by atoms with Crippen LogP contribution in [-0.4, -0.2) is 23.0 Å². The molecule has 3 aromatic carbocycles. The number of carboxylic acid groups (broad SMARTS) is 1. The highest BCUT2D eigenvalue weighted by molar-refractivity contribution is 6.35. The molecular weight excluding hydrogens is 435 g/mol. The van der Waals surface area contributed by atoms with Gasteiger partial charge in [0.1, 0.15) is 6.04 Å². The molecule has 1 heterocycles. The van der Waals surface area contributed by atoms with E-state index in [9.17, 15) is 14.7 Å². The summed E-state index contributed by atoms with van der Waals surface area (Å²) in [6.07, 6.45) is 0.158. The fourth-order valence-electron chi connectivity index (χ4n) is 3.99. The quantitative estimate of drug-likeness (QED) is 0.491. The average molecular weight is 455 g/mol. The number of anilines is 1. The molecule has 3 aromatic rings. The molecule has 0 radical (unpaired) electrons. The van der Waals surface area contributed by atoms with E-state index in [4.69, 9.17) is 23.2 Å². The highest BCUT2D eigenvalue weighted by Gasteiger charge is 2.35. The fraction of sp³-hybridized carbons (Fsp3) is 0.167. The van der Waals surface area contributed by atoms with Crippen molar-refractivity contribution in [3.05, 3.63) is 99.5 Å². The molecule has 0 aromatic heterocycles. The first-order valence-corrected chi connectivity index (χ1v) is 10.6. The minimum atomic E-state index is -1.01. The monoisotopic (exact) mass is 454 g/mol. The number of carboxylic acids is 1. The van der Waals surface area contributed by atoms with E-state index in [-0.39, 0.29) is 12.3 Å². The van der Waals surface area contributed by atoms with Crippen molar-refractivity contribution >= 4 is 40.8 Å². The maximum absolute atomic E-state index is 13.5. The van der Waals surface area contributed by atoms with E-state index in [1.54, 1.807) is 12.1 Å². The van der Waals surface area contributed by atoms with E-state index < -0.39 is 24.0 Å². The molecule has 4 rings (SSSR count). The van der Waals surface area contributed by atoms with Gasteiger partial charge < -0.3 is 15.7 Å². The lowest BCUT2D eigenvalue weighted by Crippen LogP contribution is -2.42. The van der Waals surface area contributed by atoms with Gasteiger partial charge in [-0.3, -0.25) is 4.79 Å². The van der Waals surface area contributed by atoms with Crippen LogP contribution >= 0.6 is 23.2 Å². The summed E-state index contributed by atoms with van der Waals surface area (Å²) in [6.45, 7) is 0. The number of carbonyl (C=O) groups is 2. The van der Waals surface area contributed by atoms with Gasteiger partial charge in [0.2, 0.25) is 5.91 Å². The fourth-order valence-corrected chi connectivity index (χ4v) is 4.62. The Balaban J connectivity index is 1.71. The molecule has 31 heavy (non-hydrogen) atoms. The molecule has 1 aliphatic heterocycles. The van der Waals surface area contributed by atoms with E-state index in [2.05, 4.69) is 10.6 Å². The van der Waals surface area contributed by atoms with Crippen LogP contribution in [0.25, 0.3) is 0 Å². The molecule has 1 amide bonds. The van der Waals surface area contributed by atoms with Gasteiger partial charge in [-0.05, 0) is 23.3 Å². The van der Waals surface area contributed by atoms with Crippen molar-refractivity contribution in [2.75, 3.05) is 5.32 Å². The van der Waals surface area contributed by atoms with Crippen molar-refractivity contribution in [2.45, 2.75) is 24.4 Å². The van der Waals surface area contributed by atoms with E-state index in [1.807, 2.05) is 60.7 Å². The SMILES string of the molecule is O=C(N[C@@H]1C[C@@H](C(=O)O)Nc2cc(Cl)cc(Cl)c21)C(c1ccccc1)c1ccccc1. The van der Waals surface area contributed by atoms with E-state index in [1.165, 1.54) is 0 Å². The van der Waals surface area contributed by atoms with Crippen LogP contribution in [0.5, 0.6) is 0 Å². The summed E-state index contributed by atoms with van der Waals surface area (Å²) in [4.78, 5) is 25.2. The smallest absolute Gasteiger partial charge is 0.326 e. The number of carbonyl (C=O) groups excluding carboxylic acids is 1. The topological polar surface area (TPSA) is 78.4 Å². The normalized spacial score (nSPS) is 17.5. The Morgan fingerprint density at radius 1 is 0.968 bits per heavy atom. The van der Waals surface area contributed by atoms with Crippen LogP contribution in [0.2, 0.25) is 10.0 Å². The van der Waals surface area contributed by atoms with Crippen LogP contribution in [0.15, 0.2) is 72.8 Å². The number of fused-ring (bicyclic) bond motifs is 1. The van der Waals surface area contributed by atoms with Gasteiger partial charge in [-0.15, -0.1) is 0 Å². The van der Waals surface area contributed by atoms with Crippen LogP contribution in [0.3, 0.4) is 0 Å². The first-order chi connectivity index (χ1) is 14.9. The summed E-state index contributed by atoms with van der Waals surface area (Å²) in [5, 5.41) is 16.3. The van der Waals surface area contributed by atoms with Crippen molar-refractivity contribution in [2.24, 2.45) is 0 Å². The Hall–Kier alpha value is -3.02. The maximum Gasteiger partial charge on any atom is 0.326 e. The van der Waals surface area contributed by atoms with E-state index >= 15 is 0 Å². The molecule has 0 saturated heterocycles. The van der Waals surface area contributed by atoms with E-state index in [0.717, 1.165) is 11.1 Å². The van der Waals surface area contributed by atoms with Crippen molar-refractivity contribution in [1.29, 1.82) is 0 Å². The van der Waals surface area contributed by atoms with Crippen LogP contribution < -0.4 is 10.6 Å². The molecule has 0 aliphatic carbocycles. The summed E-state index contributed by atoms with van der Waals surface area (Å²) in [5.41, 5.74) is 2.84. The summed E-state index contributed by atoms with van der Waals surface area (Å²) >= 11 is 12.6. The summed E-state index contributed by atoms with van der Waals surface area (Å²) in [5.74, 6) is -1.79. The first kappa shape index (κ1) is 21.2. The predicted octanol–water partition coefficient (Wildman–Crippen LogP) is 5.25. The lowest BCUT2D eigenvalue weighted by Gasteiger charge is -2.33. The molecule has 0 bridgehead atoms. The van der Waals surface area contributed by atoms with Gasteiger partial charge >= 0.3 is 5.97 Å². The van der Waals surface area contributed by atoms with Crippen LogP contribution in [0, 0.1) is 0 Å². The van der Waals surface area contributed by atoms with Crippen LogP contribution in [-0.2, 0) is 9.59 Å². The zero-order valence-corrected chi connectivity index (χ0v) is 17.9. The number of hydrogen-bond acceptors (Lipinski definition) is 3. The number of rotatable bonds is 5. The number of hydrogen-bond donors (Lipinski definition) is 3. The average Bonchev–Trinajstić information content (AvgIpc) is 2.74. The molecule has 3 N–H and O–H groups in total. The number of halogens is 2. The van der Waals surface area contributed by atoms with E-state index in [0.29, 0.717) is 21.3 Å². The Bertz CT molecular complexity index is 1070. The van der Waals surface area contributed by atoms with Crippen molar-refractivity contribution in [1.82, 2.24) is 5.32 Å². The molecule has 0 fully saturated rings. The lowest BCUT2D eigenvalue weighted by atomic mass is 9.88. The molecule has 0 saturated carbocycles. The summed E-state index contributed by atoms with van der Waals surface area (Å²) < 4.78 is 0. The Morgan fingerprint density at radius 2 is 1.55 bits per heavy atom. The van der Waals surface area contributed by atoms with Crippen molar-refractivity contribution < 1.29 is 14.7 Å². The molecule has 7 heteroatoms. The molecule has 0 spiro atoms. The van der Waals surface area contributed by atoms with Gasteiger partial charge in [0, 0.05) is 27.7 Å². The maximum atomic E-state index is 13.5. The van der Waals surface area contributed by atoms with Gasteiger partial charge in [0.25, 0.3) is 0 Å². The summed E-state index contributed by atoms with van der Waals surface area (Å²) in [6, 6.07) is 20.7. The molecule has 1 aliphatic rings. The zero-order valence-electron chi connectivity index (χ0n) is 16.4. The Morgan fingerprint density at radius 3 is 2.10 bits per heavy atom. The molecular formula is C24H20Cl2N2O3. The standard InChI is InChI=1S/C24H20Cl2N2O3/c25-16-11-17(26)22-18(12-16)27-20(24(30)31)13-19(22)28-23(29)21(14-7-3-1-4-8-14)15-9-5-2-6-10-15/h1-12,19-21,27H,13H2,(H,28,29)(H,30,31)/t19-,20+/m1/s1.